The molecule has 0 aliphatic heterocycles. The maximum absolute atomic E-state index is 4.73. The van der Waals surface area contributed by atoms with Crippen molar-refractivity contribution in [3.8, 4) is 33.4 Å². The molecule has 0 bridgehead atoms. The molecule has 2 heterocycles. The standard InChI is InChI=1S/C60H37N5/c1-2-6-43-31-44(14-11-38(43)5-1)45-23-29-53-46(32-45)15-16-47-33-52(28-30-54(47)53)65(50-24-19-39(20-25-50)55-9-3-7-41-12-17-48-34-61-36-63-59(48)57(41)55)51-26-21-40(22-27-51)56-10-4-8-42-13-18-49-35-62-37-64-60(49)58(42)56/h1-37H. The van der Waals surface area contributed by atoms with E-state index in [1.807, 2.05) is 12.4 Å². The highest BCUT2D eigenvalue weighted by Crippen LogP contribution is 2.42. The van der Waals surface area contributed by atoms with Gasteiger partial charge in [0.1, 0.15) is 12.7 Å². The number of nitrogens with zero attached hydrogens (tertiary/aromatic N) is 5. The Morgan fingerprint density at radius 1 is 0.292 bits per heavy atom. The van der Waals surface area contributed by atoms with Crippen molar-refractivity contribution >= 4 is 92.7 Å². The molecule has 5 heteroatoms. The number of rotatable bonds is 6. The summed E-state index contributed by atoms with van der Waals surface area (Å²) in [7, 11) is 0. The van der Waals surface area contributed by atoms with Crippen LogP contribution in [0, 0.1) is 0 Å². The van der Waals surface area contributed by atoms with Crippen LogP contribution in [0.2, 0.25) is 0 Å². The zero-order chi connectivity index (χ0) is 42.8. The van der Waals surface area contributed by atoms with Gasteiger partial charge in [-0.05, 0) is 125 Å². The van der Waals surface area contributed by atoms with E-state index in [-0.39, 0.29) is 0 Å². The molecule has 0 N–H and O–H groups in total. The molecule has 302 valence electrons. The van der Waals surface area contributed by atoms with Crippen molar-refractivity contribution in [1.29, 1.82) is 0 Å². The number of aromatic nitrogens is 4. The fraction of sp³-hybridized carbons (Fsp3) is 0. The van der Waals surface area contributed by atoms with Crippen molar-refractivity contribution in [2.24, 2.45) is 0 Å². The van der Waals surface area contributed by atoms with Crippen LogP contribution in [0.3, 0.4) is 0 Å². The minimum Gasteiger partial charge on any atom is -0.310 e. The molecule has 2 aromatic heterocycles. The van der Waals surface area contributed by atoms with Crippen molar-refractivity contribution < 1.29 is 0 Å². The third-order valence-electron chi connectivity index (χ3n) is 13.1. The van der Waals surface area contributed by atoms with Crippen LogP contribution in [0.4, 0.5) is 17.1 Å². The molecule has 5 nitrogen and oxygen atoms in total. The van der Waals surface area contributed by atoms with Crippen LogP contribution in [-0.2, 0) is 0 Å². The average Bonchev–Trinajstić information content (AvgIpc) is 3.38. The van der Waals surface area contributed by atoms with Crippen molar-refractivity contribution in [2.75, 3.05) is 4.90 Å². The molecule has 13 aromatic rings. The van der Waals surface area contributed by atoms with E-state index in [4.69, 9.17) is 9.97 Å². The van der Waals surface area contributed by atoms with Gasteiger partial charge >= 0.3 is 0 Å². The van der Waals surface area contributed by atoms with Gasteiger partial charge < -0.3 is 4.90 Å². The summed E-state index contributed by atoms with van der Waals surface area (Å²) in [6.45, 7) is 0. The first-order valence-electron chi connectivity index (χ1n) is 21.9. The first kappa shape index (κ1) is 36.8. The van der Waals surface area contributed by atoms with Crippen LogP contribution in [0.1, 0.15) is 0 Å². The van der Waals surface area contributed by atoms with Gasteiger partial charge in [0.05, 0.1) is 11.0 Å². The Kier molecular flexibility index (Phi) is 8.46. The van der Waals surface area contributed by atoms with Gasteiger partial charge in [-0.15, -0.1) is 0 Å². The van der Waals surface area contributed by atoms with Crippen molar-refractivity contribution in [3.05, 3.63) is 225 Å². The number of hydrogen-bond donors (Lipinski definition) is 0. The minimum atomic E-state index is 0.958. The molecule has 0 spiro atoms. The maximum Gasteiger partial charge on any atom is 0.116 e. The third kappa shape index (κ3) is 6.24. The summed E-state index contributed by atoms with van der Waals surface area (Å²) in [4.78, 5) is 20.4. The minimum absolute atomic E-state index is 0.958. The summed E-state index contributed by atoms with van der Waals surface area (Å²) in [5.74, 6) is 0. The second-order valence-corrected chi connectivity index (χ2v) is 16.8. The molecule has 0 saturated heterocycles. The number of anilines is 3. The fourth-order valence-corrected chi connectivity index (χ4v) is 9.90. The summed E-state index contributed by atoms with van der Waals surface area (Å²) in [5.41, 5.74) is 12.1. The van der Waals surface area contributed by atoms with E-state index in [1.54, 1.807) is 12.7 Å². The second-order valence-electron chi connectivity index (χ2n) is 16.8. The van der Waals surface area contributed by atoms with Crippen LogP contribution in [0.15, 0.2) is 225 Å². The SMILES string of the molecule is c1ccc2cc(-c3ccc4c(ccc5cc(N(c6ccc(-c7cccc8ccc9cncnc9c78)cc6)c6ccc(-c7cccc8ccc9cncnc9c78)cc6)ccc54)c3)ccc2c1. The Bertz CT molecular complexity index is 3850. The molecule has 13 rings (SSSR count). The lowest BCUT2D eigenvalue weighted by Crippen LogP contribution is -2.10. The Morgan fingerprint density at radius 2 is 0.723 bits per heavy atom. The zero-order valence-electron chi connectivity index (χ0n) is 35.1. The Balaban J connectivity index is 0.926. The monoisotopic (exact) mass is 827 g/mol. The number of fused-ring (bicyclic) bond motifs is 10. The lowest BCUT2D eigenvalue weighted by molar-refractivity contribution is 1.23. The highest BCUT2D eigenvalue weighted by Gasteiger charge is 2.17. The van der Waals surface area contributed by atoms with Crippen molar-refractivity contribution in [3.63, 3.8) is 0 Å². The summed E-state index contributed by atoms with van der Waals surface area (Å²) in [6.07, 6.45) is 7.05. The summed E-state index contributed by atoms with van der Waals surface area (Å²) < 4.78 is 0. The number of benzene rings is 11. The van der Waals surface area contributed by atoms with Crippen LogP contribution in [0.5, 0.6) is 0 Å². The van der Waals surface area contributed by atoms with Crippen LogP contribution in [-0.4, -0.2) is 19.9 Å². The molecule has 65 heavy (non-hydrogen) atoms. The molecule has 0 amide bonds. The van der Waals surface area contributed by atoms with Gasteiger partial charge in [0.15, 0.2) is 0 Å². The van der Waals surface area contributed by atoms with Crippen LogP contribution in [0.25, 0.3) is 109 Å². The largest absolute Gasteiger partial charge is 0.310 e. The van der Waals surface area contributed by atoms with Gasteiger partial charge in [-0.1, -0.05) is 152 Å². The molecule has 0 atom stereocenters. The first-order valence-corrected chi connectivity index (χ1v) is 21.9. The van der Waals surface area contributed by atoms with Crippen molar-refractivity contribution in [2.45, 2.75) is 0 Å². The average molecular weight is 828 g/mol. The highest BCUT2D eigenvalue weighted by molar-refractivity contribution is 6.14. The third-order valence-corrected chi connectivity index (χ3v) is 13.1. The fourth-order valence-electron chi connectivity index (χ4n) is 9.90. The van der Waals surface area contributed by atoms with Gasteiger partial charge in [-0.3, -0.25) is 0 Å². The van der Waals surface area contributed by atoms with Gasteiger partial charge in [0.2, 0.25) is 0 Å². The van der Waals surface area contributed by atoms with E-state index in [1.165, 1.54) is 43.4 Å². The molecule has 0 saturated carbocycles. The van der Waals surface area contributed by atoms with Gasteiger partial charge in [0, 0.05) is 51.0 Å². The number of hydrogen-bond acceptors (Lipinski definition) is 5. The van der Waals surface area contributed by atoms with E-state index in [2.05, 4.69) is 215 Å². The summed E-state index contributed by atoms with van der Waals surface area (Å²) in [6, 6.07) is 72.8. The summed E-state index contributed by atoms with van der Waals surface area (Å²) in [5, 5.41) is 14.0. The molecule has 0 aliphatic rings. The van der Waals surface area contributed by atoms with E-state index in [0.29, 0.717) is 0 Å². The van der Waals surface area contributed by atoms with E-state index in [9.17, 15) is 0 Å². The molecular weight excluding hydrogens is 791 g/mol. The molecule has 0 aliphatic carbocycles. The van der Waals surface area contributed by atoms with Gasteiger partial charge in [-0.2, -0.15) is 0 Å². The molecule has 0 fully saturated rings. The smallest absolute Gasteiger partial charge is 0.116 e. The quantitative estimate of drug-likeness (QED) is 0.156. The first-order chi connectivity index (χ1) is 32.2. The van der Waals surface area contributed by atoms with E-state index < -0.39 is 0 Å². The topological polar surface area (TPSA) is 54.8 Å². The summed E-state index contributed by atoms with van der Waals surface area (Å²) >= 11 is 0. The lowest BCUT2D eigenvalue weighted by Gasteiger charge is -2.26. The Morgan fingerprint density at radius 3 is 1.32 bits per heavy atom. The molecular formula is C60H37N5. The molecule has 11 aromatic carbocycles. The Labute approximate surface area is 374 Å². The molecule has 0 radical (unpaired) electrons. The Hall–Kier alpha value is -8.80. The predicted molar refractivity (Wildman–Crippen MR) is 271 cm³/mol. The normalized spacial score (nSPS) is 11.7. The van der Waals surface area contributed by atoms with E-state index in [0.717, 1.165) is 82.7 Å². The maximum atomic E-state index is 4.73. The second kappa shape index (κ2) is 14.9. The van der Waals surface area contributed by atoms with Crippen LogP contribution < -0.4 is 4.90 Å². The predicted octanol–water partition coefficient (Wildman–Crippen LogP) is 15.8. The van der Waals surface area contributed by atoms with Gasteiger partial charge in [-0.25, -0.2) is 19.9 Å². The van der Waals surface area contributed by atoms with E-state index >= 15 is 0 Å². The molecule has 0 unspecified atom stereocenters. The zero-order valence-corrected chi connectivity index (χ0v) is 35.1. The van der Waals surface area contributed by atoms with Crippen molar-refractivity contribution in [1.82, 2.24) is 19.9 Å². The highest BCUT2D eigenvalue weighted by atomic mass is 15.1. The van der Waals surface area contributed by atoms with Crippen LogP contribution >= 0.6 is 0 Å². The van der Waals surface area contributed by atoms with Gasteiger partial charge in [0.25, 0.3) is 0 Å². The lowest BCUT2D eigenvalue weighted by atomic mass is 9.95.